The number of aromatic nitrogens is 2. The monoisotopic (exact) mass is 368 g/mol. The summed E-state index contributed by atoms with van der Waals surface area (Å²) in [5, 5.41) is 2.90. The maximum absolute atomic E-state index is 14.1. The van der Waals surface area contributed by atoms with Gasteiger partial charge in [-0.15, -0.1) is 0 Å². The molecular formula is C21H25FN4O. The summed E-state index contributed by atoms with van der Waals surface area (Å²) < 4.78 is 14.1. The number of hydrogen-bond donors (Lipinski definition) is 2. The highest BCUT2D eigenvalue weighted by atomic mass is 19.1. The van der Waals surface area contributed by atoms with Gasteiger partial charge in [-0.05, 0) is 51.2 Å². The topological polar surface area (TPSA) is 61.0 Å². The van der Waals surface area contributed by atoms with Crippen molar-refractivity contribution in [3.63, 3.8) is 0 Å². The second-order valence-corrected chi connectivity index (χ2v) is 7.02. The highest BCUT2D eigenvalue weighted by molar-refractivity contribution is 5.83. The van der Waals surface area contributed by atoms with Crippen LogP contribution in [-0.4, -0.2) is 41.4 Å². The van der Waals surface area contributed by atoms with Crippen LogP contribution in [0.4, 0.5) is 4.39 Å². The largest absolute Gasteiger partial charge is 0.354 e. The second kappa shape index (κ2) is 7.88. The van der Waals surface area contributed by atoms with Gasteiger partial charge in [0.1, 0.15) is 17.7 Å². The fourth-order valence-corrected chi connectivity index (χ4v) is 3.23. The van der Waals surface area contributed by atoms with Gasteiger partial charge in [0, 0.05) is 18.5 Å². The number of imidazole rings is 1. The maximum Gasteiger partial charge on any atom is 0.242 e. The van der Waals surface area contributed by atoms with Gasteiger partial charge in [-0.2, -0.15) is 0 Å². The molecule has 5 nitrogen and oxygen atoms in total. The Hall–Kier alpha value is -2.73. The molecule has 0 aliphatic carbocycles. The number of halogens is 1. The van der Waals surface area contributed by atoms with Gasteiger partial charge in [0.25, 0.3) is 0 Å². The van der Waals surface area contributed by atoms with Crippen LogP contribution in [-0.2, 0) is 11.2 Å². The third-order valence-corrected chi connectivity index (χ3v) is 4.85. The predicted molar refractivity (Wildman–Crippen MR) is 105 cm³/mol. The van der Waals surface area contributed by atoms with E-state index in [0.717, 1.165) is 22.4 Å². The third kappa shape index (κ3) is 4.01. The Balaban J connectivity index is 1.68. The summed E-state index contributed by atoms with van der Waals surface area (Å²) in [4.78, 5) is 22.3. The summed E-state index contributed by atoms with van der Waals surface area (Å²) in [5.74, 6) is 0.217. The molecule has 3 aromatic rings. The Morgan fingerprint density at radius 3 is 2.67 bits per heavy atom. The molecule has 0 saturated heterocycles. The Labute approximate surface area is 158 Å². The molecule has 2 aromatic carbocycles. The van der Waals surface area contributed by atoms with Crippen LogP contribution < -0.4 is 5.32 Å². The number of benzene rings is 2. The number of aromatic amines is 1. The zero-order valence-electron chi connectivity index (χ0n) is 16.1. The molecule has 2 N–H and O–H groups in total. The molecule has 0 radical (unpaired) electrons. The Bertz CT molecular complexity index is 964. The molecule has 1 unspecified atom stereocenters. The number of fused-ring (bicyclic) bond motifs is 1. The van der Waals surface area contributed by atoms with E-state index in [0.29, 0.717) is 18.5 Å². The number of amides is 1. The first-order valence-electron chi connectivity index (χ1n) is 9.02. The number of carbonyl (C=O) groups excluding carboxylic acids is 1. The van der Waals surface area contributed by atoms with Gasteiger partial charge in [0.15, 0.2) is 0 Å². The molecule has 3 rings (SSSR count). The zero-order valence-corrected chi connectivity index (χ0v) is 16.1. The first-order valence-corrected chi connectivity index (χ1v) is 9.02. The number of carbonyl (C=O) groups is 1. The second-order valence-electron chi connectivity index (χ2n) is 7.02. The van der Waals surface area contributed by atoms with Crippen LogP contribution >= 0.6 is 0 Å². The van der Waals surface area contributed by atoms with Crippen molar-refractivity contribution < 1.29 is 9.18 Å². The molecule has 27 heavy (non-hydrogen) atoms. The fourth-order valence-electron chi connectivity index (χ4n) is 3.23. The van der Waals surface area contributed by atoms with Crippen LogP contribution in [0.3, 0.4) is 0 Å². The molecule has 1 atom stereocenters. The minimum absolute atomic E-state index is 0.228. The first kappa shape index (κ1) is 19.0. The van der Waals surface area contributed by atoms with Gasteiger partial charge in [-0.25, -0.2) is 9.37 Å². The van der Waals surface area contributed by atoms with Crippen molar-refractivity contribution in [2.75, 3.05) is 20.6 Å². The van der Waals surface area contributed by atoms with Gasteiger partial charge in [-0.3, -0.25) is 9.69 Å². The summed E-state index contributed by atoms with van der Waals surface area (Å²) in [6.45, 7) is 4.54. The van der Waals surface area contributed by atoms with Crippen LogP contribution in [0.15, 0.2) is 36.4 Å². The molecule has 0 saturated carbocycles. The summed E-state index contributed by atoms with van der Waals surface area (Å²) in [6.07, 6.45) is 0.580. The van der Waals surface area contributed by atoms with Gasteiger partial charge >= 0.3 is 0 Å². The lowest BCUT2D eigenvalue weighted by molar-refractivity contribution is -0.125. The van der Waals surface area contributed by atoms with Crippen molar-refractivity contribution in [1.82, 2.24) is 20.2 Å². The van der Waals surface area contributed by atoms with Crippen LogP contribution in [0.2, 0.25) is 0 Å². The van der Waals surface area contributed by atoms with Crippen LogP contribution in [0.25, 0.3) is 11.0 Å². The quantitative estimate of drug-likeness (QED) is 0.702. The number of nitrogens with zero attached hydrogens (tertiary/aromatic N) is 2. The zero-order chi connectivity index (χ0) is 19.6. The van der Waals surface area contributed by atoms with Gasteiger partial charge in [0.2, 0.25) is 5.91 Å². The van der Waals surface area contributed by atoms with E-state index in [1.54, 1.807) is 37.2 Å². The highest BCUT2D eigenvalue weighted by Gasteiger charge is 2.25. The van der Waals surface area contributed by atoms with E-state index in [-0.39, 0.29) is 11.7 Å². The van der Waals surface area contributed by atoms with E-state index in [1.807, 2.05) is 6.07 Å². The Kier molecular flexibility index (Phi) is 5.56. The van der Waals surface area contributed by atoms with Gasteiger partial charge < -0.3 is 10.3 Å². The fraction of sp³-hybridized carbons (Fsp3) is 0.333. The average molecular weight is 368 g/mol. The standard InChI is InChI=1S/C21H25FN4O/c1-13-9-10-17-19(14(13)2)25-18(24-17)11-12-23-21(27)20(26(3)4)15-7-5-6-8-16(15)22/h5-10,20H,11-12H2,1-4H3,(H,23,27)(H,24,25). The maximum atomic E-state index is 14.1. The van der Waals surface area contributed by atoms with Crippen LogP contribution in [0.5, 0.6) is 0 Å². The smallest absolute Gasteiger partial charge is 0.242 e. The molecule has 0 aliphatic rings. The summed E-state index contributed by atoms with van der Waals surface area (Å²) in [7, 11) is 3.53. The minimum atomic E-state index is -0.674. The average Bonchev–Trinajstić information content (AvgIpc) is 3.04. The summed E-state index contributed by atoms with van der Waals surface area (Å²) >= 11 is 0. The van der Waals surface area contributed by atoms with E-state index < -0.39 is 6.04 Å². The van der Waals surface area contributed by atoms with Crippen LogP contribution in [0.1, 0.15) is 28.6 Å². The molecular weight excluding hydrogens is 343 g/mol. The lowest BCUT2D eigenvalue weighted by Gasteiger charge is -2.24. The van der Waals surface area contributed by atoms with E-state index in [9.17, 15) is 9.18 Å². The van der Waals surface area contributed by atoms with Gasteiger partial charge in [0.05, 0.1) is 11.0 Å². The van der Waals surface area contributed by atoms with Crippen molar-refractivity contribution in [1.29, 1.82) is 0 Å². The number of hydrogen-bond acceptors (Lipinski definition) is 3. The van der Waals surface area contributed by atoms with Crippen molar-refractivity contribution in [2.24, 2.45) is 0 Å². The number of rotatable bonds is 6. The Morgan fingerprint density at radius 2 is 1.96 bits per heavy atom. The normalized spacial score (nSPS) is 12.5. The SMILES string of the molecule is Cc1ccc2[nH]c(CCNC(=O)C(c3ccccc3F)N(C)C)nc2c1C. The molecule has 0 fully saturated rings. The number of likely N-dealkylation sites (N-methyl/N-ethyl adjacent to an activating group) is 1. The molecule has 1 amide bonds. The Morgan fingerprint density at radius 1 is 1.22 bits per heavy atom. The lowest BCUT2D eigenvalue weighted by Crippen LogP contribution is -2.38. The minimum Gasteiger partial charge on any atom is -0.354 e. The van der Waals surface area contributed by atoms with Gasteiger partial charge in [-0.1, -0.05) is 24.3 Å². The molecule has 0 aliphatic heterocycles. The molecule has 142 valence electrons. The summed E-state index contributed by atoms with van der Waals surface area (Å²) in [5.41, 5.74) is 4.69. The highest BCUT2D eigenvalue weighted by Crippen LogP contribution is 2.22. The van der Waals surface area contributed by atoms with Crippen LogP contribution in [0, 0.1) is 19.7 Å². The van der Waals surface area contributed by atoms with Crippen molar-refractivity contribution in [3.8, 4) is 0 Å². The van der Waals surface area contributed by atoms with E-state index in [1.165, 1.54) is 11.6 Å². The summed E-state index contributed by atoms with van der Waals surface area (Å²) in [6, 6.07) is 9.79. The third-order valence-electron chi connectivity index (χ3n) is 4.85. The number of aryl methyl sites for hydroxylation is 2. The molecule has 6 heteroatoms. The lowest BCUT2D eigenvalue weighted by atomic mass is 10.0. The van der Waals surface area contributed by atoms with E-state index in [4.69, 9.17) is 0 Å². The number of H-pyrrole nitrogens is 1. The predicted octanol–water partition coefficient (Wildman–Crippen LogP) is 3.28. The molecule has 0 spiro atoms. The molecule has 1 aromatic heterocycles. The van der Waals surface area contributed by atoms with Crippen molar-refractivity contribution in [2.45, 2.75) is 26.3 Å². The number of nitrogens with one attached hydrogen (secondary N) is 2. The van der Waals surface area contributed by atoms with Crippen molar-refractivity contribution >= 4 is 16.9 Å². The first-order chi connectivity index (χ1) is 12.9. The van der Waals surface area contributed by atoms with E-state index in [2.05, 4.69) is 35.2 Å². The van der Waals surface area contributed by atoms with Crippen molar-refractivity contribution in [3.05, 3.63) is 64.7 Å². The molecule has 1 heterocycles. The molecule has 0 bridgehead atoms. The van der Waals surface area contributed by atoms with E-state index >= 15 is 0 Å².